The van der Waals surface area contributed by atoms with Crippen LogP contribution in [0.1, 0.15) is 29.7 Å². The van der Waals surface area contributed by atoms with Gasteiger partial charge in [-0.05, 0) is 83.8 Å². The predicted octanol–water partition coefficient (Wildman–Crippen LogP) is 5.00. The minimum absolute atomic E-state index is 0.119. The molecule has 30 heavy (non-hydrogen) atoms. The summed E-state index contributed by atoms with van der Waals surface area (Å²) in [6, 6.07) is 14.3. The Hall–Kier alpha value is -2.61. The van der Waals surface area contributed by atoms with Gasteiger partial charge in [0.15, 0.2) is 0 Å². The molecule has 1 amide bonds. The number of hydrogen-bond donors (Lipinski definition) is 0. The normalized spacial score (nSPS) is 15.6. The molecule has 4 rings (SSSR count). The molecule has 0 atom stereocenters. The molecule has 2 heterocycles. The molecule has 1 fully saturated rings. The van der Waals surface area contributed by atoms with E-state index in [4.69, 9.17) is 4.74 Å². The number of imidazole rings is 1. The molecule has 5 nitrogen and oxygen atoms in total. The quantitative estimate of drug-likeness (QED) is 0.357. The second-order valence-electron chi connectivity index (χ2n) is 7.48. The average Bonchev–Trinajstić information content (AvgIpc) is 3.17. The summed E-state index contributed by atoms with van der Waals surface area (Å²) in [5.41, 5.74) is 4.85. The summed E-state index contributed by atoms with van der Waals surface area (Å²) in [5, 5.41) is 0. The fourth-order valence-electron chi connectivity index (χ4n) is 3.76. The third-order valence-corrected chi connectivity index (χ3v) is 5.90. The fraction of sp³-hybridized carbons (Fsp3) is 0.250. The maximum absolute atomic E-state index is 13.1. The van der Waals surface area contributed by atoms with Gasteiger partial charge in [0.2, 0.25) is 5.91 Å². The van der Waals surface area contributed by atoms with E-state index in [1.54, 1.807) is 13.4 Å². The Morgan fingerprint density at radius 3 is 2.83 bits per heavy atom. The van der Waals surface area contributed by atoms with Gasteiger partial charge in [-0.2, -0.15) is 0 Å². The van der Waals surface area contributed by atoms with Crippen LogP contribution in [-0.2, 0) is 11.3 Å². The number of carbonyl (C=O) groups excluding carboxylic acids is 1. The molecule has 0 N–H and O–H groups in total. The highest BCUT2D eigenvalue weighted by Crippen LogP contribution is 2.28. The lowest BCUT2D eigenvalue weighted by atomic mass is 10.00. The van der Waals surface area contributed by atoms with E-state index in [-0.39, 0.29) is 5.91 Å². The van der Waals surface area contributed by atoms with Crippen molar-refractivity contribution in [1.29, 1.82) is 0 Å². The zero-order valence-electron chi connectivity index (χ0n) is 17.1. The first-order chi connectivity index (χ1) is 14.5. The minimum Gasteiger partial charge on any atom is -0.495 e. The van der Waals surface area contributed by atoms with Crippen molar-refractivity contribution >= 4 is 34.6 Å². The second kappa shape index (κ2) is 9.04. The molecule has 0 bridgehead atoms. The van der Waals surface area contributed by atoms with Crippen molar-refractivity contribution in [3.05, 3.63) is 81.0 Å². The molecule has 0 aliphatic carbocycles. The van der Waals surface area contributed by atoms with Gasteiger partial charge in [-0.15, -0.1) is 0 Å². The van der Waals surface area contributed by atoms with Crippen LogP contribution in [0.3, 0.4) is 0 Å². The van der Waals surface area contributed by atoms with E-state index in [0.717, 1.165) is 53.2 Å². The van der Waals surface area contributed by atoms with Gasteiger partial charge in [-0.1, -0.05) is 18.2 Å². The number of halogens is 1. The van der Waals surface area contributed by atoms with Crippen molar-refractivity contribution in [3.8, 4) is 11.4 Å². The van der Waals surface area contributed by atoms with Gasteiger partial charge in [0.25, 0.3) is 0 Å². The Bertz CT molecular complexity index is 1100. The average molecular weight is 513 g/mol. The third kappa shape index (κ3) is 4.59. The van der Waals surface area contributed by atoms with E-state index in [2.05, 4.69) is 45.8 Å². The molecule has 1 aliphatic rings. The van der Waals surface area contributed by atoms with Crippen molar-refractivity contribution in [2.45, 2.75) is 26.3 Å². The SMILES string of the molecule is COc1cc(/C=C2\CCCN(Cc3cccc(I)c3)C2=O)ccc1-n1cnc(C)c1. The summed E-state index contributed by atoms with van der Waals surface area (Å²) < 4.78 is 8.73. The standard InChI is InChI=1S/C24H24IN3O2/c1-17-14-28(16-26-17)22-9-8-18(13-23(22)30-2)11-20-6-4-10-27(24(20)29)15-19-5-3-7-21(25)12-19/h3,5,7-9,11-14,16H,4,6,10,15H2,1-2H3/b20-11+. The number of ether oxygens (including phenoxy) is 1. The predicted molar refractivity (Wildman–Crippen MR) is 127 cm³/mol. The van der Waals surface area contributed by atoms with E-state index in [0.29, 0.717) is 6.54 Å². The van der Waals surface area contributed by atoms with Crippen LogP contribution in [-0.4, -0.2) is 34.0 Å². The number of aromatic nitrogens is 2. The number of carbonyl (C=O) groups is 1. The number of aryl methyl sites for hydroxylation is 1. The summed E-state index contributed by atoms with van der Waals surface area (Å²) in [7, 11) is 1.66. The van der Waals surface area contributed by atoms with Crippen molar-refractivity contribution in [2.75, 3.05) is 13.7 Å². The lowest BCUT2D eigenvalue weighted by Crippen LogP contribution is -2.36. The van der Waals surface area contributed by atoms with Crippen LogP contribution >= 0.6 is 22.6 Å². The first kappa shape index (κ1) is 20.7. The zero-order valence-corrected chi connectivity index (χ0v) is 19.3. The number of benzene rings is 2. The number of hydrogen-bond acceptors (Lipinski definition) is 3. The molecule has 0 saturated carbocycles. The largest absolute Gasteiger partial charge is 0.495 e. The van der Waals surface area contributed by atoms with Gasteiger partial charge in [-0.25, -0.2) is 4.98 Å². The molecular weight excluding hydrogens is 489 g/mol. The van der Waals surface area contributed by atoms with Crippen LogP contribution in [0.15, 0.2) is 60.6 Å². The molecule has 1 aromatic heterocycles. The summed E-state index contributed by atoms with van der Waals surface area (Å²) in [6.45, 7) is 3.40. The number of rotatable bonds is 5. The summed E-state index contributed by atoms with van der Waals surface area (Å²) in [4.78, 5) is 19.3. The number of piperidine rings is 1. The minimum atomic E-state index is 0.119. The highest BCUT2D eigenvalue weighted by Gasteiger charge is 2.23. The van der Waals surface area contributed by atoms with Crippen LogP contribution in [0.5, 0.6) is 5.75 Å². The summed E-state index contributed by atoms with van der Waals surface area (Å²) in [6.07, 6.45) is 7.51. The Kier molecular flexibility index (Phi) is 6.22. The van der Waals surface area contributed by atoms with E-state index in [1.165, 1.54) is 3.57 Å². The Labute approximate surface area is 190 Å². The molecular formula is C24H24IN3O2. The van der Waals surface area contributed by atoms with E-state index >= 15 is 0 Å². The van der Waals surface area contributed by atoms with Gasteiger partial charge in [0.1, 0.15) is 5.75 Å². The van der Waals surface area contributed by atoms with Crippen molar-refractivity contribution in [1.82, 2.24) is 14.5 Å². The fourth-order valence-corrected chi connectivity index (χ4v) is 4.37. The highest BCUT2D eigenvalue weighted by molar-refractivity contribution is 14.1. The molecule has 0 spiro atoms. The molecule has 6 heteroatoms. The molecule has 0 radical (unpaired) electrons. The zero-order chi connectivity index (χ0) is 21.1. The highest BCUT2D eigenvalue weighted by atomic mass is 127. The third-order valence-electron chi connectivity index (χ3n) is 5.23. The van der Waals surface area contributed by atoms with Crippen LogP contribution in [0.2, 0.25) is 0 Å². The van der Waals surface area contributed by atoms with Gasteiger partial charge >= 0.3 is 0 Å². The molecule has 154 valence electrons. The van der Waals surface area contributed by atoms with Crippen molar-refractivity contribution < 1.29 is 9.53 Å². The smallest absolute Gasteiger partial charge is 0.250 e. The van der Waals surface area contributed by atoms with Crippen LogP contribution in [0.25, 0.3) is 11.8 Å². The van der Waals surface area contributed by atoms with Crippen LogP contribution in [0.4, 0.5) is 0 Å². The van der Waals surface area contributed by atoms with E-state index < -0.39 is 0 Å². The first-order valence-electron chi connectivity index (χ1n) is 9.97. The van der Waals surface area contributed by atoms with Crippen molar-refractivity contribution in [3.63, 3.8) is 0 Å². The van der Waals surface area contributed by atoms with Crippen molar-refractivity contribution in [2.24, 2.45) is 0 Å². The number of amides is 1. The van der Waals surface area contributed by atoms with Gasteiger partial charge in [0.05, 0.1) is 24.8 Å². The molecule has 1 saturated heterocycles. The Morgan fingerprint density at radius 2 is 2.10 bits per heavy atom. The maximum Gasteiger partial charge on any atom is 0.250 e. The van der Waals surface area contributed by atoms with Gasteiger partial charge in [0, 0.05) is 28.4 Å². The summed E-state index contributed by atoms with van der Waals surface area (Å²) in [5.74, 6) is 0.870. The van der Waals surface area contributed by atoms with Crippen LogP contribution < -0.4 is 4.74 Å². The number of nitrogens with zero attached hydrogens (tertiary/aromatic N) is 3. The lowest BCUT2D eigenvalue weighted by Gasteiger charge is -2.28. The summed E-state index contributed by atoms with van der Waals surface area (Å²) >= 11 is 2.31. The van der Waals surface area contributed by atoms with Gasteiger partial charge in [-0.3, -0.25) is 4.79 Å². The van der Waals surface area contributed by atoms with E-state index in [1.807, 2.05) is 52.9 Å². The maximum atomic E-state index is 13.1. The topological polar surface area (TPSA) is 47.4 Å². The number of likely N-dealkylation sites (tertiary alicyclic amines) is 1. The molecule has 3 aromatic rings. The first-order valence-corrected chi connectivity index (χ1v) is 11.0. The van der Waals surface area contributed by atoms with Gasteiger partial charge < -0.3 is 14.2 Å². The second-order valence-corrected chi connectivity index (χ2v) is 8.73. The molecule has 1 aliphatic heterocycles. The monoisotopic (exact) mass is 513 g/mol. The molecule has 2 aromatic carbocycles. The van der Waals surface area contributed by atoms with Crippen LogP contribution in [0, 0.1) is 10.5 Å². The van der Waals surface area contributed by atoms with E-state index in [9.17, 15) is 4.79 Å². The Balaban J connectivity index is 1.56. The molecule has 0 unspecified atom stereocenters. The Morgan fingerprint density at radius 1 is 1.23 bits per heavy atom. The lowest BCUT2D eigenvalue weighted by molar-refractivity contribution is -0.129. The number of methoxy groups -OCH3 is 1.